The zero-order chi connectivity index (χ0) is 34.6. The summed E-state index contributed by atoms with van der Waals surface area (Å²) >= 11 is 1.70. The van der Waals surface area contributed by atoms with E-state index in [-0.39, 0.29) is 15.9 Å². The van der Waals surface area contributed by atoms with Crippen LogP contribution in [-0.2, 0) is 15.8 Å². The molecule has 1 saturated heterocycles. The molecule has 0 spiro atoms. The average molecular weight is 691 g/mol. The minimum absolute atomic E-state index is 0.132. The predicted molar refractivity (Wildman–Crippen MR) is 200 cm³/mol. The van der Waals surface area contributed by atoms with E-state index < -0.39 is 37.6 Å². The second-order valence-electron chi connectivity index (χ2n) is 13.5. The van der Waals surface area contributed by atoms with Crippen LogP contribution in [0.2, 0.25) is 5.04 Å². The van der Waals surface area contributed by atoms with Crippen molar-refractivity contribution in [2.75, 3.05) is 12.4 Å². The summed E-state index contributed by atoms with van der Waals surface area (Å²) in [5, 5.41) is 2.04. The number of ether oxygens (including phenoxy) is 1. The zero-order valence-electron chi connectivity index (χ0n) is 28.3. The van der Waals surface area contributed by atoms with Crippen LogP contribution in [0.3, 0.4) is 0 Å². The highest BCUT2D eigenvalue weighted by atomic mass is 32.2. The van der Waals surface area contributed by atoms with Gasteiger partial charge in [0.2, 0.25) is 0 Å². The van der Waals surface area contributed by atoms with E-state index in [0.717, 1.165) is 10.1 Å². The highest BCUT2D eigenvalue weighted by Gasteiger charge is 2.51. The van der Waals surface area contributed by atoms with E-state index in [1.165, 1.54) is 14.9 Å². The Morgan fingerprint density at radius 3 is 1.90 bits per heavy atom. The Balaban J connectivity index is 1.39. The third-order valence-corrected chi connectivity index (χ3v) is 15.6. The molecule has 49 heavy (non-hydrogen) atoms. The number of rotatable bonds is 10. The molecule has 5 aromatic rings. The topological polar surface area (TPSA) is 79.5 Å². The molecule has 0 N–H and O–H groups in total. The van der Waals surface area contributed by atoms with Gasteiger partial charge < -0.3 is 9.16 Å². The van der Waals surface area contributed by atoms with Crippen LogP contribution in [-0.4, -0.2) is 47.1 Å². The van der Waals surface area contributed by atoms with Crippen LogP contribution in [0, 0.1) is 6.92 Å². The number of thioether (sulfide) groups is 1. The van der Waals surface area contributed by atoms with Crippen molar-refractivity contribution >= 4 is 36.4 Å². The molecule has 9 heteroatoms. The van der Waals surface area contributed by atoms with E-state index in [1.54, 1.807) is 55.2 Å². The number of hydrogen-bond donors (Lipinski definition) is 0. The summed E-state index contributed by atoms with van der Waals surface area (Å²) in [6, 6.07) is 39.0. The van der Waals surface area contributed by atoms with Gasteiger partial charge in [-0.15, -0.1) is 0 Å². The third-order valence-electron chi connectivity index (χ3n) is 9.26. The highest BCUT2D eigenvalue weighted by molar-refractivity contribution is 8.00. The molecular formula is C40H42N2O5SSi. The Hall–Kier alpha value is -4.28. The standard InChI is InChI=1S/C40H42N2O5SSi/c1-29-25-41(39(45)42(37(29)43)38(44)31-19-11-6-12-20-31)34-28-48-35(36(34)46-26-30-17-9-5-10-18-30)27-47-49(40(2,3)4,32-21-13-7-14-22-32)33-23-15-8-16-24-33/h5-25,34-36H,26-28H2,1-4H3/t34-,35-,36+/m1/s1. The maximum absolute atomic E-state index is 14.1. The summed E-state index contributed by atoms with van der Waals surface area (Å²) in [5.41, 5.74) is 0.305. The maximum atomic E-state index is 14.1. The fourth-order valence-corrected chi connectivity index (χ4v) is 12.9. The van der Waals surface area contributed by atoms with E-state index in [1.807, 2.05) is 42.5 Å². The summed E-state index contributed by atoms with van der Waals surface area (Å²) in [6.45, 7) is 9.13. The second kappa shape index (κ2) is 14.7. The zero-order valence-corrected chi connectivity index (χ0v) is 30.1. The quantitative estimate of drug-likeness (QED) is 0.172. The summed E-state index contributed by atoms with van der Waals surface area (Å²) in [6.07, 6.45) is 1.13. The van der Waals surface area contributed by atoms with Gasteiger partial charge in [0.25, 0.3) is 19.8 Å². The SMILES string of the molecule is Cc1cn([C@@H]2CS[C@H](CO[Si](c3ccccc3)(c3ccccc3)C(C)(C)C)[C@H]2OCc2ccccc2)c(=O)n(C(=O)c2ccccc2)c1=O. The number of nitrogens with zero attached hydrogens (tertiary/aromatic N) is 2. The third kappa shape index (κ3) is 6.94. The lowest BCUT2D eigenvalue weighted by Crippen LogP contribution is -2.67. The molecule has 0 radical (unpaired) electrons. The summed E-state index contributed by atoms with van der Waals surface area (Å²) in [4.78, 5) is 40.9. The summed E-state index contributed by atoms with van der Waals surface area (Å²) < 4.78 is 16.4. The van der Waals surface area contributed by atoms with Crippen LogP contribution in [0.1, 0.15) is 48.3 Å². The number of aryl methyl sites for hydroxylation is 1. The number of aromatic nitrogens is 2. The molecule has 1 aliphatic heterocycles. The van der Waals surface area contributed by atoms with E-state index in [4.69, 9.17) is 9.16 Å². The lowest BCUT2D eigenvalue weighted by molar-refractivity contribution is 0.00655. The maximum Gasteiger partial charge on any atom is 0.338 e. The molecule has 1 aliphatic rings. The molecule has 6 rings (SSSR count). The molecule has 0 unspecified atom stereocenters. The molecule has 0 amide bonds. The first kappa shape index (κ1) is 34.6. The molecule has 4 aromatic carbocycles. The smallest absolute Gasteiger partial charge is 0.338 e. The number of carbonyl (C=O) groups is 1. The van der Waals surface area contributed by atoms with Gasteiger partial charge in [-0.05, 0) is 40.0 Å². The lowest BCUT2D eigenvalue weighted by Gasteiger charge is -2.43. The normalized spacial score (nSPS) is 18.0. The van der Waals surface area contributed by atoms with Gasteiger partial charge in [0.1, 0.15) is 0 Å². The van der Waals surface area contributed by atoms with Crippen LogP contribution < -0.4 is 21.6 Å². The summed E-state index contributed by atoms with van der Waals surface area (Å²) in [5.74, 6) is -0.0993. The highest BCUT2D eigenvalue weighted by Crippen LogP contribution is 2.41. The van der Waals surface area contributed by atoms with Crippen LogP contribution in [0.5, 0.6) is 0 Å². The molecule has 7 nitrogen and oxygen atoms in total. The monoisotopic (exact) mass is 690 g/mol. The van der Waals surface area contributed by atoms with E-state index in [2.05, 4.69) is 69.3 Å². The van der Waals surface area contributed by atoms with E-state index in [0.29, 0.717) is 24.5 Å². The fraction of sp³-hybridized carbons (Fsp3) is 0.275. The largest absolute Gasteiger partial charge is 0.406 e. The Labute approximate surface area is 292 Å². The molecule has 1 fully saturated rings. The Kier molecular flexibility index (Phi) is 10.4. The van der Waals surface area contributed by atoms with Gasteiger partial charge in [0.15, 0.2) is 0 Å². The molecule has 0 bridgehead atoms. The van der Waals surface area contributed by atoms with Gasteiger partial charge >= 0.3 is 5.69 Å². The molecule has 2 heterocycles. The van der Waals surface area contributed by atoms with Gasteiger partial charge in [-0.2, -0.15) is 16.3 Å². The van der Waals surface area contributed by atoms with Gasteiger partial charge in [-0.3, -0.25) is 14.2 Å². The fourth-order valence-electron chi connectivity index (χ4n) is 6.82. The van der Waals surface area contributed by atoms with Crippen molar-refractivity contribution in [1.29, 1.82) is 0 Å². The van der Waals surface area contributed by atoms with E-state index >= 15 is 0 Å². The van der Waals surface area contributed by atoms with Gasteiger partial charge in [-0.25, -0.2) is 4.79 Å². The molecule has 0 aliphatic carbocycles. The minimum Gasteiger partial charge on any atom is -0.406 e. The Morgan fingerprint density at radius 2 is 1.35 bits per heavy atom. The van der Waals surface area contributed by atoms with Crippen molar-refractivity contribution in [3.8, 4) is 0 Å². The Morgan fingerprint density at radius 1 is 0.816 bits per heavy atom. The van der Waals surface area contributed by atoms with Crippen molar-refractivity contribution in [3.63, 3.8) is 0 Å². The van der Waals surface area contributed by atoms with Crippen LogP contribution >= 0.6 is 11.8 Å². The van der Waals surface area contributed by atoms with Crippen molar-refractivity contribution in [2.24, 2.45) is 0 Å². The van der Waals surface area contributed by atoms with Crippen molar-refractivity contribution < 1.29 is 14.0 Å². The van der Waals surface area contributed by atoms with Crippen molar-refractivity contribution in [3.05, 3.63) is 165 Å². The van der Waals surface area contributed by atoms with Crippen LogP contribution in [0.4, 0.5) is 0 Å². The Bertz CT molecular complexity index is 1950. The van der Waals surface area contributed by atoms with Gasteiger partial charge in [0.05, 0.1) is 24.0 Å². The van der Waals surface area contributed by atoms with Crippen molar-refractivity contribution in [2.45, 2.75) is 56.7 Å². The first-order valence-corrected chi connectivity index (χ1v) is 19.5. The predicted octanol–water partition coefficient (Wildman–Crippen LogP) is 5.83. The van der Waals surface area contributed by atoms with Crippen LogP contribution in [0.25, 0.3) is 0 Å². The number of hydrogen-bond acceptors (Lipinski definition) is 6. The van der Waals surface area contributed by atoms with Crippen LogP contribution in [0.15, 0.2) is 137 Å². The number of carbonyl (C=O) groups excluding carboxylic acids is 1. The molecule has 1 aromatic heterocycles. The van der Waals surface area contributed by atoms with E-state index in [9.17, 15) is 14.4 Å². The van der Waals surface area contributed by atoms with Gasteiger partial charge in [-0.1, -0.05) is 130 Å². The summed E-state index contributed by atoms with van der Waals surface area (Å²) in [7, 11) is -2.85. The second-order valence-corrected chi connectivity index (χ2v) is 19.1. The minimum atomic E-state index is -2.85. The number of benzene rings is 4. The van der Waals surface area contributed by atoms with Gasteiger partial charge in [0, 0.05) is 29.7 Å². The molecular weight excluding hydrogens is 649 g/mol. The first-order valence-electron chi connectivity index (χ1n) is 16.6. The molecule has 252 valence electrons. The molecule has 0 saturated carbocycles. The average Bonchev–Trinajstić information content (AvgIpc) is 3.52. The molecule has 3 atom stereocenters. The lowest BCUT2D eigenvalue weighted by atomic mass is 10.1. The first-order chi connectivity index (χ1) is 23.6. The van der Waals surface area contributed by atoms with Crippen molar-refractivity contribution in [1.82, 2.24) is 9.13 Å².